The van der Waals surface area contributed by atoms with Gasteiger partial charge in [-0.25, -0.2) is 9.78 Å². The molecule has 0 unspecified atom stereocenters. The maximum Gasteiger partial charge on any atom is 0.340 e. The number of carbonyl (C=O) groups is 1. The number of ether oxygens (including phenoxy) is 1. The Kier molecular flexibility index (Phi) is 3.55. The number of aromatic nitrogens is 2. The van der Waals surface area contributed by atoms with E-state index in [1.54, 1.807) is 25.4 Å². The van der Waals surface area contributed by atoms with Gasteiger partial charge in [0.05, 0.1) is 24.2 Å². The van der Waals surface area contributed by atoms with Crippen molar-refractivity contribution in [1.82, 2.24) is 9.55 Å². The number of imidazole rings is 1. The molecule has 0 saturated heterocycles. The summed E-state index contributed by atoms with van der Waals surface area (Å²) >= 11 is 0. The molecule has 100 valence electrons. The zero-order valence-electron chi connectivity index (χ0n) is 11.3. The zero-order valence-corrected chi connectivity index (χ0v) is 11.3. The van der Waals surface area contributed by atoms with E-state index in [9.17, 15) is 4.79 Å². The minimum atomic E-state index is -0.406. The smallest absolute Gasteiger partial charge is 0.340 e. The molecule has 5 nitrogen and oxygen atoms in total. The van der Waals surface area contributed by atoms with Crippen molar-refractivity contribution in [3.63, 3.8) is 0 Å². The predicted octanol–water partition coefficient (Wildman–Crippen LogP) is 2.25. The van der Waals surface area contributed by atoms with Crippen LogP contribution in [-0.4, -0.2) is 22.1 Å². The summed E-state index contributed by atoms with van der Waals surface area (Å²) in [4.78, 5) is 16.1. The summed E-state index contributed by atoms with van der Waals surface area (Å²) in [5.41, 5.74) is 9.43. The largest absolute Gasteiger partial charge is 0.462 e. The molecule has 0 aliphatic carbocycles. The van der Waals surface area contributed by atoms with Crippen LogP contribution in [0.3, 0.4) is 0 Å². The van der Waals surface area contributed by atoms with Gasteiger partial charge in [0.25, 0.3) is 0 Å². The molecule has 1 aromatic carbocycles. The van der Waals surface area contributed by atoms with E-state index in [1.807, 2.05) is 24.5 Å². The van der Waals surface area contributed by atoms with Gasteiger partial charge in [0, 0.05) is 17.1 Å². The molecule has 0 atom stereocenters. The Labute approximate surface area is 112 Å². The molecule has 19 heavy (non-hydrogen) atoms. The molecule has 0 amide bonds. The van der Waals surface area contributed by atoms with Crippen LogP contribution in [0.4, 0.5) is 5.69 Å². The van der Waals surface area contributed by atoms with Gasteiger partial charge in [-0.3, -0.25) is 0 Å². The minimum Gasteiger partial charge on any atom is -0.462 e. The normalized spacial score (nSPS) is 10.5. The second-order valence-corrected chi connectivity index (χ2v) is 4.28. The van der Waals surface area contributed by atoms with E-state index < -0.39 is 5.97 Å². The van der Waals surface area contributed by atoms with Gasteiger partial charge >= 0.3 is 5.97 Å². The van der Waals surface area contributed by atoms with Gasteiger partial charge in [-0.05, 0) is 39.0 Å². The average Bonchev–Trinajstić information content (AvgIpc) is 2.71. The van der Waals surface area contributed by atoms with Crippen molar-refractivity contribution in [3.05, 3.63) is 41.5 Å². The lowest BCUT2D eigenvalue weighted by Gasteiger charge is -2.10. The third kappa shape index (κ3) is 2.45. The van der Waals surface area contributed by atoms with E-state index in [4.69, 9.17) is 10.5 Å². The number of esters is 1. The number of nitrogens with two attached hydrogens (primary N) is 1. The molecule has 2 aromatic rings. The molecule has 0 saturated carbocycles. The molecule has 0 radical (unpaired) electrons. The van der Waals surface area contributed by atoms with Crippen LogP contribution in [0.1, 0.15) is 28.7 Å². The van der Waals surface area contributed by atoms with Crippen molar-refractivity contribution < 1.29 is 9.53 Å². The maximum absolute atomic E-state index is 11.8. The van der Waals surface area contributed by atoms with Crippen LogP contribution >= 0.6 is 0 Å². The monoisotopic (exact) mass is 259 g/mol. The molecule has 2 rings (SSSR count). The van der Waals surface area contributed by atoms with Gasteiger partial charge in [0.2, 0.25) is 0 Å². The number of anilines is 1. The van der Waals surface area contributed by atoms with Crippen molar-refractivity contribution in [2.45, 2.75) is 20.8 Å². The highest BCUT2D eigenvalue weighted by Gasteiger charge is 2.13. The zero-order chi connectivity index (χ0) is 14.0. The van der Waals surface area contributed by atoms with Crippen LogP contribution in [0.15, 0.2) is 24.5 Å². The standard InChI is InChI=1S/C14H17N3O2/c1-4-19-14(18)12-7-11(5-6-13(12)15)17-8-16-9(2)10(17)3/h5-8H,4,15H2,1-3H3. The Morgan fingerprint density at radius 2 is 2.16 bits per heavy atom. The van der Waals surface area contributed by atoms with Crippen molar-refractivity contribution in [3.8, 4) is 5.69 Å². The molecule has 0 aliphatic rings. The summed E-state index contributed by atoms with van der Waals surface area (Å²) < 4.78 is 6.91. The first kappa shape index (κ1) is 13.1. The van der Waals surface area contributed by atoms with E-state index in [1.165, 1.54) is 0 Å². The summed E-state index contributed by atoms with van der Waals surface area (Å²) in [7, 11) is 0. The van der Waals surface area contributed by atoms with E-state index in [-0.39, 0.29) is 0 Å². The van der Waals surface area contributed by atoms with E-state index in [2.05, 4.69) is 4.98 Å². The number of hydrogen-bond donors (Lipinski definition) is 1. The highest BCUT2D eigenvalue weighted by Crippen LogP contribution is 2.20. The molecule has 0 fully saturated rings. The van der Waals surface area contributed by atoms with E-state index in [0.29, 0.717) is 17.9 Å². The Morgan fingerprint density at radius 3 is 2.74 bits per heavy atom. The topological polar surface area (TPSA) is 70.1 Å². The van der Waals surface area contributed by atoms with Crippen molar-refractivity contribution in [2.24, 2.45) is 0 Å². The number of hydrogen-bond acceptors (Lipinski definition) is 4. The van der Waals surface area contributed by atoms with Crippen molar-refractivity contribution in [2.75, 3.05) is 12.3 Å². The molecular formula is C14H17N3O2. The average molecular weight is 259 g/mol. The van der Waals surface area contributed by atoms with Gasteiger partial charge in [-0.15, -0.1) is 0 Å². The first-order chi connectivity index (χ1) is 9.04. The third-order valence-electron chi connectivity index (χ3n) is 3.06. The molecule has 5 heteroatoms. The Hall–Kier alpha value is -2.30. The molecule has 1 aromatic heterocycles. The van der Waals surface area contributed by atoms with Crippen LogP contribution in [0.5, 0.6) is 0 Å². The molecule has 0 bridgehead atoms. The lowest BCUT2D eigenvalue weighted by Crippen LogP contribution is -2.09. The summed E-state index contributed by atoms with van der Waals surface area (Å²) in [6.45, 7) is 6.01. The van der Waals surface area contributed by atoms with Crippen LogP contribution in [0.2, 0.25) is 0 Å². The highest BCUT2D eigenvalue weighted by molar-refractivity contribution is 5.95. The number of nitrogen functional groups attached to an aromatic ring is 1. The minimum absolute atomic E-state index is 0.325. The van der Waals surface area contributed by atoms with Gasteiger partial charge in [0.1, 0.15) is 0 Å². The van der Waals surface area contributed by atoms with Gasteiger partial charge in [0.15, 0.2) is 0 Å². The summed E-state index contributed by atoms with van der Waals surface area (Å²) in [5.74, 6) is -0.406. The lowest BCUT2D eigenvalue weighted by atomic mass is 10.1. The maximum atomic E-state index is 11.8. The van der Waals surface area contributed by atoms with E-state index >= 15 is 0 Å². The predicted molar refractivity (Wildman–Crippen MR) is 73.4 cm³/mol. The van der Waals surface area contributed by atoms with E-state index in [0.717, 1.165) is 17.1 Å². The summed E-state index contributed by atoms with van der Waals surface area (Å²) in [5, 5.41) is 0. The SMILES string of the molecule is CCOC(=O)c1cc(-n2cnc(C)c2C)ccc1N. The fraction of sp³-hybridized carbons (Fsp3) is 0.286. The Morgan fingerprint density at radius 1 is 1.42 bits per heavy atom. The van der Waals surface area contributed by atoms with Crippen molar-refractivity contribution >= 4 is 11.7 Å². The molecule has 2 N–H and O–H groups in total. The van der Waals surface area contributed by atoms with Gasteiger partial charge < -0.3 is 15.0 Å². The number of aryl methyl sites for hydroxylation is 1. The number of rotatable bonds is 3. The molecular weight excluding hydrogens is 242 g/mol. The Balaban J connectivity index is 2.47. The molecule has 0 aliphatic heterocycles. The second kappa shape index (κ2) is 5.14. The molecule has 0 spiro atoms. The lowest BCUT2D eigenvalue weighted by molar-refractivity contribution is 0.0527. The first-order valence-electron chi connectivity index (χ1n) is 6.12. The van der Waals surface area contributed by atoms with Gasteiger partial charge in [-0.2, -0.15) is 0 Å². The van der Waals surface area contributed by atoms with Crippen molar-refractivity contribution in [1.29, 1.82) is 0 Å². The number of nitrogens with zero attached hydrogens (tertiary/aromatic N) is 2. The van der Waals surface area contributed by atoms with Crippen LogP contribution in [0, 0.1) is 13.8 Å². The highest BCUT2D eigenvalue weighted by atomic mass is 16.5. The van der Waals surface area contributed by atoms with Crippen LogP contribution in [0.25, 0.3) is 5.69 Å². The summed E-state index contributed by atoms with van der Waals surface area (Å²) in [6.07, 6.45) is 1.73. The van der Waals surface area contributed by atoms with Crippen LogP contribution < -0.4 is 5.73 Å². The second-order valence-electron chi connectivity index (χ2n) is 4.28. The third-order valence-corrected chi connectivity index (χ3v) is 3.06. The fourth-order valence-corrected chi connectivity index (χ4v) is 1.84. The number of benzene rings is 1. The Bertz CT molecular complexity index is 617. The fourth-order valence-electron chi connectivity index (χ4n) is 1.84. The number of carbonyl (C=O) groups excluding carboxylic acids is 1. The summed E-state index contributed by atoms with van der Waals surface area (Å²) in [6, 6.07) is 5.28. The quantitative estimate of drug-likeness (QED) is 0.678. The molecule has 1 heterocycles. The first-order valence-corrected chi connectivity index (χ1v) is 6.12. The van der Waals surface area contributed by atoms with Crippen LogP contribution in [-0.2, 0) is 4.74 Å². The van der Waals surface area contributed by atoms with Gasteiger partial charge in [-0.1, -0.05) is 0 Å².